The molecular weight excluding hydrogens is 534 g/mol. The second-order valence-electron chi connectivity index (χ2n) is 9.91. The second kappa shape index (κ2) is 12.0. The predicted octanol–water partition coefficient (Wildman–Crippen LogP) is 3.03. The van der Waals surface area contributed by atoms with E-state index in [0.29, 0.717) is 45.9 Å². The van der Waals surface area contributed by atoms with E-state index < -0.39 is 5.91 Å². The van der Waals surface area contributed by atoms with Gasteiger partial charge in [-0.2, -0.15) is 0 Å². The quantitative estimate of drug-likeness (QED) is 0.288. The number of benzene rings is 1. The molecule has 2 aromatic heterocycles. The van der Waals surface area contributed by atoms with Gasteiger partial charge in [0.1, 0.15) is 9.88 Å². The number of nitrogens with zero attached hydrogens (tertiary/aromatic N) is 4. The topological polar surface area (TPSA) is 173 Å². The van der Waals surface area contributed by atoms with Gasteiger partial charge in [0.15, 0.2) is 17.3 Å². The van der Waals surface area contributed by atoms with Gasteiger partial charge in [0.05, 0.1) is 30.2 Å². The van der Waals surface area contributed by atoms with E-state index in [4.69, 9.17) is 10.5 Å². The Morgan fingerprint density at radius 2 is 1.93 bits per heavy atom. The Morgan fingerprint density at radius 1 is 1.15 bits per heavy atom. The van der Waals surface area contributed by atoms with Crippen molar-refractivity contribution in [3.05, 3.63) is 41.0 Å². The molecule has 2 fully saturated rings. The second-order valence-corrected chi connectivity index (χ2v) is 10.9. The lowest BCUT2D eigenvalue weighted by atomic mass is 9.94. The summed E-state index contributed by atoms with van der Waals surface area (Å²) in [4.78, 5) is 44.3. The molecular formula is C27H31N7O5S. The minimum absolute atomic E-state index is 0.0287. The van der Waals surface area contributed by atoms with Crippen LogP contribution in [0.5, 0.6) is 5.75 Å². The van der Waals surface area contributed by atoms with Gasteiger partial charge in [0, 0.05) is 31.7 Å². The number of carbonyl (C=O) groups excluding carboxylic acids is 3. The summed E-state index contributed by atoms with van der Waals surface area (Å²) in [5.41, 5.74) is 6.85. The molecule has 12 nitrogen and oxygen atoms in total. The van der Waals surface area contributed by atoms with Crippen molar-refractivity contribution in [1.82, 2.24) is 20.1 Å². The molecule has 2 aliphatic rings. The molecule has 1 aliphatic carbocycles. The maximum Gasteiger partial charge on any atom is 0.271 e. The number of hydrogen-bond acceptors (Lipinski definition) is 10. The number of aliphatic hydroxyl groups excluding tert-OH is 1. The van der Waals surface area contributed by atoms with Crippen molar-refractivity contribution in [2.45, 2.75) is 32.1 Å². The van der Waals surface area contributed by atoms with Gasteiger partial charge in [0.25, 0.3) is 11.8 Å². The summed E-state index contributed by atoms with van der Waals surface area (Å²) in [6.45, 7) is 1.49. The molecule has 1 aromatic carbocycles. The average molecular weight is 566 g/mol. The molecule has 210 valence electrons. The van der Waals surface area contributed by atoms with E-state index in [-0.39, 0.29) is 41.5 Å². The summed E-state index contributed by atoms with van der Waals surface area (Å²) >= 11 is 1.28. The minimum Gasteiger partial charge on any atom is -0.494 e. The zero-order chi connectivity index (χ0) is 28.2. The summed E-state index contributed by atoms with van der Waals surface area (Å²) in [5.74, 6) is 0.0679. The van der Waals surface area contributed by atoms with Crippen molar-refractivity contribution in [2.75, 3.05) is 37.4 Å². The summed E-state index contributed by atoms with van der Waals surface area (Å²) in [6, 6.07) is 6.89. The number of carbonyl (C=O) groups is 3. The molecule has 0 atom stereocenters. The lowest BCUT2D eigenvalue weighted by Gasteiger charge is -2.31. The molecule has 13 heteroatoms. The minimum atomic E-state index is -0.784. The first-order valence-electron chi connectivity index (χ1n) is 13.2. The standard InChI is InChI=1S/C27H31N7O5S/c1-39-23-17(26-29-14-20(40-26)27(38)34-10-7-15(8-11-34)9-12-35)3-2-4-18(23)30-19-13-21(31-25(37)16-5-6-16)32-33-22(19)24(28)36/h2-4,13-16,35H,5-12H2,1H3,(H2,28,36)(H2,30,31,32,37). The third kappa shape index (κ3) is 6.05. The Morgan fingerprint density at radius 3 is 2.60 bits per heavy atom. The van der Waals surface area contributed by atoms with E-state index in [1.54, 1.807) is 18.3 Å². The van der Waals surface area contributed by atoms with Crippen LogP contribution >= 0.6 is 11.3 Å². The normalized spacial score (nSPS) is 15.5. The van der Waals surface area contributed by atoms with E-state index in [9.17, 15) is 19.5 Å². The highest BCUT2D eigenvalue weighted by Gasteiger charge is 2.30. The third-order valence-corrected chi connectivity index (χ3v) is 8.12. The highest BCUT2D eigenvalue weighted by atomic mass is 32.1. The van der Waals surface area contributed by atoms with Gasteiger partial charge >= 0.3 is 0 Å². The Balaban J connectivity index is 1.37. The monoisotopic (exact) mass is 565 g/mol. The van der Waals surface area contributed by atoms with Crippen molar-refractivity contribution in [3.8, 4) is 16.3 Å². The molecule has 0 spiro atoms. The van der Waals surface area contributed by atoms with Crippen LogP contribution in [-0.4, -0.2) is 69.7 Å². The van der Waals surface area contributed by atoms with Crippen molar-refractivity contribution >= 4 is 46.3 Å². The van der Waals surface area contributed by atoms with Crippen molar-refractivity contribution < 1.29 is 24.2 Å². The third-order valence-electron chi connectivity index (χ3n) is 7.10. The number of piperidine rings is 1. The van der Waals surface area contributed by atoms with Gasteiger partial charge in [0.2, 0.25) is 5.91 Å². The number of anilines is 3. The Hall–Kier alpha value is -4.10. The highest BCUT2D eigenvalue weighted by molar-refractivity contribution is 7.17. The first-order chi connectivity index (χ1) is 19.4. The number of methoxy groups -OCH3 is 1. The van der Waals surface area contributed by atoms with Crippen LogP contribution in [0.4, 0.5) is 17.2 Å². The van der Waals surface area contributed by atoms with Crippen molar-refractivity contribution in [3.63, 3.8) is 0 Å². The van der Waals surface area contributed by atoms with Crippen LogP contribution in [0, 0.1) is 11.8 Å². The van der Waals surface area contributed by atoms with Crippen LogP contribution in [0.25, 0.3) is 10.6 Å². The SMILES string of the molecule is COc1c(Nc2cc(NC(=O)C3CC3)nnc2C(N)=O)cccc1-c1ncc(C(=O)N2CCC(CCO)CC2)s1. The number of primary amides is 1. The van der Waals surface area contributed by atoms with Crippen molar-refractivity contribution in [1.29, 1.82) is 0 Å². The number of rotatable bonds is 10. The lowest BCUT2D eigenvalue weighted by molar-refractivity contribution is -0.117. The highest BCUT2D eigenvalue weighted by Crippen LogP contribution is 2.40. The van der Waals surface area contributed by atoms with Crippen LogP contribution in [0.3, 0.4) is 0 Å². The molecule has 5 rings (SSSR count). The molecule has 3 heterocycles. The fraction of sp³-hybridized carbons (Fsp3) is 0.407. The molecule has 1 saturated carbocycles. The Kier molecular flexibility index (Phi) is 8.21. The number of aromatic nitrogens is 3. The van der Waals surface area contributed by atoms with Crippen molar-refractivity contribution in [2.24, 2.45) is 17.6 Å². The first kappa shape index (κ1) is 27.5. The number of aliphatic hydroxyl groups is 1. The van der Waals surface area contributed by atoms with E-state index in [2.05, 4.69) is 25.8 Å². The number of likely N-dealkylation sites (tertiary alicyclic amines) is 1. The molecule has 5 N–H and O–H groups in total. The zero-order valence-corrected chi connectivity index (χ0v) is 22.9. The summed E-state index contributed by atoms with van der Waals surface area (Å²) in [6.07, 6.45) is 5.77. The first-order valence-corrected chi connectivity index (χ1v) is 14.0. The summed E-state index contributed by atoms with van der Waals surface area (Å²) in [7, 11) is 1.52. The number of amides is 3. The summed E-state index contributed by atoms with van der Waals surface area (Å²) < 4.78 is 5.73. The fourth-order valence-electron chi connectivity index (χ4n) is 4.73. The largest absolute Gasteiger partial charge is 0.494 e. The molecule has 0 bridgehead atoms. The maximum absolute atomic E-state index is 13.1. The molecule has 3 aromatic rings. The number of para-hydroxylation sites is 1. The molecule has 1 aliphatic heterocycles. The number of nitrogens with two attached hydrogens (primary N) is 1. The van der Waals surface area contributed by atoms with Crippen LogP contribution in [0.15, 0.2) is 30.5 Å². The van der Waals surface area contributed by atoms with E-state index in [1.165, 1.54) is 24.5 Å². The molecule has 0 radical (unpaired) electrons. The van der Waals surface area contributed by atoms with Gasteiger partial charge in [-0.25, -0.2) is 4.98 Å². The molecule has 0 unspecified atom stereocenters. The Labute approximate surface area is 235 Å². The van der Waals surface area contributed by atoms with Gasteiger partial charge < -0.3 is 31.1 Å². The van der Waals surface area contributed by atoms with E-state index in [0.717, 1.165) is 32.1 Å². The fourth-order valence-corrected chi connectivity index (χ4v) is 5.64. The van der Waals surface area contributed by atoms with E-state index >= 15 is 0 Å². The van der Waals surface area contributed by atoms with Gasteiger partial charge in [-0.15, -0.1) is 21.5 Å². The number of nitrogens with one attached hydrogen (secondary N) is 2. The number of thiazole rings is 1. The van der Waals surface area contributed by atoms with Gasteiger partial charge in [-0.3, -0.25) is 14.4 Å². The van der Waals surface area contributed by atoms with Crippen LogP contribution in [0.2, 0.25) is 0 Å². The molecule has 3 amide bonds. The zero-order valence-electron chi connectivity index (χ0n) is 22.1. The van der Waals surface area contributed by atoms with Gasteiger partial charge in [-0.1, -0.05) is 6.07 Å². The lowest BCUT2D eigenvalue weighted by Crippen LogP contribution is -2.38. The maximum atomic E-state index is 13.1. The summed E-state index contributed by atoms with van der Waals surface area (Å²) in [5, 5.41) is 23.5. The van der Waals surface area contributed by atoms with Crippen LogP contribution in [0.1, 0.15) is 52.3 Å². The number of hydrogen-bond donors (Lipinski definition) is 4. The van der Waals surface area contributed by atoms with Crippen LogP contribution in [-0.2, 0) is 4.79 Å². The molecule has 1 saturated heterocycles. The van der Waals surface area contributed by atoms with E-state index in [1.807, 2.05) is 11.0 Å². The van der Waals surface area contributed by atoms with Crippen LogP contribution < -0.4 is 21.1 Å². The smallest absolute Gasteiger partial charge is 0.271 e. The number of ether oxygens (including phenoxy) is 1. The van der Waals surface area contributed by atoms with Gasteiger partial charge in [-0.05, 0) is 50.2 Å². The Bertz CT molecular complexity index is 1420. The predicted molar refractivity (Wildman–Crippen MR) is 150 cm³/mol. The molecule has 40 heavy (non-hydrogen) atoms. The average Bonchev–Trinajstić information content (AvgIpc) is 3.70.